The normalized spacial score (nSPS) is 14.2. The number of para-hydroxylation sites is 1. The average Bonchev–Trinajstić information content (AvgIpc) is 3.32. The lowest BCUT2D eigenvalue weighted by atomic mass is 10.1. The zero-order chi connectivity index (χ0) is 21.4. The SMILES string of the molecule is CNCc1cc(-c2cccc(OCC3CC3)c2)n(S(=O)(=O)c2cc3ccccc3o2)c1. The van der Waals surface area contributed by atoms with Gasteiger partial charge in [0.25, 0.3) is 0 Å². The predicted octanol–water partition coefficient (Wildman–Crippen LogP) is 4.65. The van der Waals surface area contributed by atoms with Gasteiger partial charge in [0, 0.05) is 29.8 Å². The van der Waals surface area contributed by atoms with Crippen LogP contribution in [-0.2, 0) is 16.6 Å². The molecule has 2 heterocycles. The molecule has 0 radical (unpaired) electrons. The highest BCUT2D eigenvalue weighted by Crippen LogP contribution is 2.33. The Bertz CT molecular complexity index is 1300. The van der Waals surface area contributed by atoms with Crippen molar-refractivity contribution in [1.82, 2.24) is 9.29 Å². The molecule has 160 valence electrons. The van der Waals surface area contributed by atoms with Crippen LogP contribution in [0, 0.1) is 5.92 Å². The number of aromatic nitrogens is 1. The second-order valence-corrected chi connectivity index (χ2v) is 9.70. The minimum absolute atomic E-state index is 0.0808. The van der Waals surface area contributed by atoms with E-state index in [1.165, 1.54) is 16.8 Å². The number of benzene rings is 2. The van der Waals surface area contributed by atoms with Crippen molar-refractivity contribution in [3.63, 3.8) is 0 Å². The van der Waals surface area contributed by atoms with E-state index in [1.807, 2.05) is 55.6 Å². The molecular formula is C24H24N2O4S. The van der Waals surface area contributed by atoms with Crippen LogP contribution in [0.4, 0.5) is 0 Å². The topological polar surface area (TPSA) is 73.5 Å². The molecule has 0 aliphatic heterocycles. The number of hydrogen-bond acceptors (Lipinski definition) is 5. The molecule has 2 aromatic heterocycles. The van der Waals surface area contributed by atoms with Gasteiger partial charge in [0.05, 0.1) is 12.3 Å². The number of hydrogen-bond donors (Lipinski definition) is 1. The van der Waals surface area contributed by atoms with Crippen LogP contribution >= 0.6 is 0 Å². The largest absolute Gasteiger partial charge is 0.493 e. The van der Waals surface area contributed by atoms with Crippen molar-refractivity contribution in [1.29, 1.82) is 0 Å². The van der Waals surface area contributed by atoms with Crippen LogP contribution in [-0.4, -0.2) is 26.0 Å². The number of nitrogens with one attached hydrogen (secondary N) is 1. The van der Waals surface area contributed by atoms with Crippen molar-refractivity contribution in [2.75, 3.05) is 13.7 Å². The fourth-order valence-electron chi connectivity index (χ4n) is 3.63. The third kappa shape index (κ3) is 3.98. The lowest BCUT2D eigenvalue weighted by Crippen LogP contribution is -2.13. The third-order valence-corrected chi connectivity index (χ3v) is 6.98. The van der Waals surface area contributed by atoms with E-state index >= 15 is 0 Å². The molecule has 0 atom stereocenters. The first-order chi connectivity index (χ1) is 15.0. The summed E-state index contributed by atoms with van der Waals surface area (Å²) in [6, 6.07) is 18.3. The van der Waals surface area contributed by atoms with Crippen LogP contribution in [0.25, 0.3) is 22.2 Å². The molecule has 1 N–H and O–H groups in total. The first-order valence-corrected chi connectivity index (χ1v) is 11.8. The van der Waals surface area contributed by atoms with E-state index in [-0.39, 0.29) is 5.09 Å². The zero-order valence-corrected chi connectivity index (χ0v) is 18.1. The minimum Gasteiger partial charge on any atom is -0.493 e. The third-order valence-electron chi connectivity index (χ3n) is 5.45. The Labute approximate surface area is 181 Å². The molecule has 1 aliphatic rings. The molecule has 31 heavy (non-hydrogen) atoms. The van der Waals surface area contributed by atoms with Gasteiger partial charge in [-0.05, 0) is 55.6 Å². The molecule has 0 saturated heterocycles. The van der Waals surface area contributed by atoms with Crippen LogP contribution in [0.1, 0.15) is 18.4 Å². The van der Waals surface area contributed by atoms with Gasteiger partial charge in [-0.25, -0.2) is 3.97 Å². The fraction of sp³-hybridized carbons (Fsp3) is 0.250. The van der Waals surface area contributed by atoms with E-state index in [0.29, 0.717) is 30.3 Å². The van der Waals surface area contributed by atoms with Gasteiger partial charge in [0.2, 0.25) is 5.09 Å². The summed E-state index contributed by atoms with van der Waals surface area (Å²) in [7, 11) is -2.09. The highest BCUT2D eigenvalue weighted by Gasteiger charge is 2.26. The van der Waals surface area contributed by atoms with Crippen molar-refractivity contribution >= 4 is 21.0 Å². The van der Waals surface area contributed by atoms with Crippen molar-refractivity contribution in [2.45, 2.75) is 24.5 Å². The van der Waals surface area contributed by atoms with Crippen LogP contribution in [0.2, 0.25) is 0 Å². The molecule has 2 aromatic carbocycles. The quantitative estimate of drug-likeness (QED) is 0.435. The van der Waals surface area contributed by atoms with Gasteiger partial charge in [-0.1, -0.05) is 30.3 Å². The molecule has 0 spiro atoms. The highest BCUT2D eigenvalue weighted by molar-refractivity contribution is 7.89. The second-order valence-electron chi connectivity index (χ2n) is 7.95. The summed E-state index contributed by atoms with van der Waals surface area (Å²) in [6.07, 6.45) is 4.07. The van der Waals surface area contributed by atoms with Gasteiger partial charge >= 0.3 is 10.0 Å². The van der Waals surface area contributed by atoms with Crippen molar-refractivity contribution in [3.8, 4) is 17.0 Å². The summed E-state index contributed by atoms with van der Waals surface area (Å²) < 4.78 is 40.0. The lowest BCUT2D eigenvalue weighted by molar-refractivity contribution is 0.300. The van der Waals surface area contributed by atoms with Gasteiger partial charge in [0.1, 0.15) is 11.3 Å². The Morgan fingerprint density at radius 1 is 1.10 bits per heavy atom. The van der Waals surface area contributed by atoms with E-state index < -0.39 is 10.0 Å². The maximum atomic E-state index is 13.5. The molecule has 0 bridgehead atoms. The van der Waals surface area contributed by atoms with E-state index in [4.69, 9.17) is 9.15 Å². The van der Waals surface area contributed by atoms with Gasteiger partial charge in [-0.2, -0.15) is 8.42 Å². The van der Waals surface area contributed by atoms with Crippen LogP contribution in [0.15, 0.2) is 76.4 Å². The maximum absolute atomic E-state index is 13.5. The summed E-state index contributed by atoms with van der Waals surface area (Å²) in [5, 5.41) is 3.75. The smallest absolute Gasteiger partial charge is 0.301 e. The monoisotopic (exact) mass is 436 g/mol. The molecule has 5 rings (SSSR count). The molecule has 6 nitrogen and oxygen atoms in total. The number of rotatable bonds is 8. The van der Waals surface area contributed by atoms with E-state index in [1.54, 1.807) is 18.3 Å². The number of furan rings is 1. The molecule has 1 fully saturated rings. The fourth-order valence-corrected chi connectivity index (χ4v) is 4.99. The maximum Gasteiger partial charge on any atom is 0.301 e. The van der Waals surface area contributed by atoms with Gasteiger partial charge < -0.3 is 14.5 Å². The zero-order valence-electron chi connectivity index (χ0n) is 17.2. The minimum atomic E-state index is -3.92. The van der Waals surface area contributed by atoms with Gasteiger partial charge in [-0.15, -0.1) is 0 Å². The molecular weight excluding hydrogens is 412 g/mol. The van der Waals surface area contributed by atoms with Crippen LogP contribution in [0.3, 0.4) is 0 Å². The molecule has 1 saturated carbocycles. The second kappa shape index (κ2) is 7.90. The Hall–Kier alpha value is -3.03. The van der Waals surface area contributed by atoms with Crippen molar-refractivity contribution < 1.29 is 17.6 Å². The average molecular weight is 437 g/mol. The Kier molecular flexibility index (Phi) is 5.08. The first-order valence-electron chi connectivity index (χ1n) is 10.4. The Morgan fingerprint density at radius 2 is 1.94 bits per heavy atom. The number of nitrogens with zero attached hydrogens (tertiary/aromatic N) is 1. The highest BCUT2D eigenvalue weighted by atomic mass is 32.2. The standard InChI is InChI=1S/C24H24N2O4S/c1-25-14-18-11-22(19-6-4-7-21(12-19)29-16-17-9-10-17)26(15-18)31(27,28)24-13-20-5-2-3-8-23(20)30-24/h2-8,11-13,15,17,25H,9-10,14,16H2,1H3. The summed E-state index contributed by atoms with van der Waals surface area (Å²) >= 11 is 0. The Morgan fingerprint density at radius 3 is 2.71 bits per heavy atom. The molecule has 0 unspecified atom stereocenters. The van der Waals surface area contributed by atoms with E-state index in [0.717, 1.165) is 22.3 Å². The lowest BCUT2D eigenvalue weighted by Gasteiger charge is -2.11. The predicted molar refractivity (Wildman–Crippen MR) is 120 cm³/mol. The first kappa shape index (κ1) is 19.9. The summed E-state index contributed by atoms with van der Waals surface area (Å²) in [4.78, 5) is 0. The Balaban J connectivity index is 1.57. The van der Waals surface area contributed by atoms with Crippen molar-refractivity contribution in [2.24, 2.45) is 5.92 Å². The number of fused-ring (bicyclic) bond motifs is 1. The molecule has 0 amide bonds. The summed E-state index contributed by atoms with van der Waals surface area (Å²) in [5.41, 5.74) is 2.75. The summed E-state index contributed by atoms with van der Waals surface area (Å²) in [5.74, 6) is 1.39. The van der Waals surface area contributed by atoms with Crippen LogP contribution in [0.5, 0.6) is 5.75 Å². The summed E-state index contributed by atoms with van der Waals surface area (Å²) in [6.45, 7) is 1.25. The number of ether oxygens (including phenoxy) is 1. The van der Waals surface area contributed by atoms with Crippen molar-refractivity contribution in [3.05, 3.63) is 72.4 Å². The molecule has 7 heteroatoms. The molecule has 1 aliphatic carbocycles. The van der Waals surface area contributed by atoms with Crippen LogP contribution < -0.4 is 10.1 Å². The van der Waals surface area contributed by atoms with E-state index in [9.17, 15) is 8.42 Å². The van der Waals surface area contributed by atoms with Gasteiger partial charge in [-0.3, -0.25) is 0 Å². The van der Waals surface area contributed by atoms with E-state index in [2.05, 4.69) is 5.32 Å². The van der Waals surface area contributed by atoms with Gasteiger partial charge in [0.15, 0.2) is 0 Å². The molecule has 4 aromatic rings.